The molecule has 0 saturated heterocycles. The molecule has 0 aliphatic rings. The molecule has 6 aromatic rings. The summed E-state index contributed by atoms with van der Waals surface area (Å²) < 4.78 is 6.59. The fraction of sp³-hybridized carbons (Fsp3) is 0.0833. The van der Waals surface area contributed by atoms with Crippen LogP contribution >= 0.6 is 0 Å². The van der Waals surface area contributed by atoms with Gasteiger partial charge in [0.25, 0.3) is 0 Å². The Hall–Kier alpha value is -4.69. The first-order chi connectivity index (χ1) is 18.8. The van der Waals surface area contributed by atoms with E-state index in [2.05, 4.69) is 60.7 Å². The highest BCUT2D eigenvalue weighted by molar-refractivity contribution is 5.90. The monoisotopic (exact) mass is 492 g/mol. The van der Waals surface area contributed by atoms with E-state index in [9.17, 15) is 4.79 Å². The van der Waals surface area contributed by atoms with Gasteiger partial charge in [0.2, 0.25) is 0 Å². The van der Waals surface area contributed by atoms with Crippen molar-refractivity contribution in [3.8, 4) is 0 Å². The van der Waals surface area contributed by atoms with Gasteiger partial charge in [0.05, 0.1) is 5.92 Å². The maximum Gasteiger partial charge on any atom is 0.314 e. The third-order valence-electron chi connectivity index (χ3n) is 7.21. The van der Waals surface area contributed by atoms with Crippen LogP contribution < -0.4 is 0 Å². The summed E-state index contributed by atoms with van der Waals surface area (Å²) in [6.07, 6.45) is 0.0169. The molecule has 184 valence electrons. The number of esters is 1. The van der Waals surface area contributed by atoms with Gasteiger partial charge >= 0.3 is 5.97 Å². The van der Waals surface area contributed by atoms with Crippen LogP contribution in [-0.2, 0) is 16.0 Å². The zero-order chi connectivity index (χ0) is 25.7. The molecule has 0 amide bonds. The van der Waals surface area contributed by atoms with E-state index in [0.29, 0.717) is 6.42 Å². The Labute approximate surface area is 223 Å². The Bertz CT molecular complexity index is 1600. The molecule has 6 rings (SSSR count). The van der Waals surface area contributed by atoms with Crippen molar-refractivity contribution in [3.05, 3.63) is 168 Å². The van der Waals surface area contributed by atoms with Crippen molar-refractivity contribution in [2.24, 2.45) is 0 Å². The number of carbonyl (C=O) groups is 1. The third-order valence-corrected chi connectivity index (χ3v) is 7.21. The van der Waals surface area contributed by atoms with Crippen LogP contribution in [0, 0.1) is 0 Å². The van der Waals surface area contributed by atoms with Crippen molar-refractivity contribution in [3.63, 3.8) is 0 Å². The van der Waals surface area contributed by atoms with E-state index >= 15 is 0 Å². The Kier molecular flexibility index (Phi) is 6.70. The van der Waals surface area contributed by atoms with Crippen LogP contribution in [0.4, 0.5) is 0 Å². The van der Waals surface area contributed by atoms with Crippen LogP contribution in [0.15, 0.2) is 146 Å². The second-order valence-corrected chi connectivity index (χ2v) is 9.61. The van der Waals surface area contributed by atoms with Gasteiger partial charge in [0.15, 0.2) is 6.10 Å². The van der Waals surface area contributed by atoms with Crippen LogP contribution in [-0.4, -0.2) is 5.97 Å². The fourth-order valence-electron chi connectivity index (χ4n) is 5.32. The summed E-state index contributed by atoms with van der Waals surface area (Å²) in [5.41, 5.74) is 4.03. The molecule has 0 radical (unpaired) electrons. The Morgan fingerprint density at radius 3 is 1.58 bits per heavy atom. The summed E-state index contributed by atoms with van der Waals surface area (Å²) in [5, 5.41) is 4.41. The predicted octanol–water partition coefficient (Wildman–Crippen LogP) is 8.65. The van der Waals surface area contributed by atoms with Gasteiger partial charge in [-0.15, -0.1) is 0 Å². The highest BCUT2D eigenvalue weighted by Crippen LogP contribution is 2.37. The molecule has 1 atom stereocenters. The summed E-state index contributed by atoms with van der Waals surface area (Å²) in [6.45, 7) is 0. The molecule has 2 heteroatoms. The van der Waals surface area contributed by atoms with Crippen molar-refractivity contribution in [2.45, 2.75) is 18.4 Å². The van der Waals surface area contributed by atoms with Crippen molar-refractivity contribution >= 4 is 27.5 Å². The van der Waals surface area contributed by atoms with Crippen LogP contribution in [0.2, 0.25) is 0 Å². The van der Waals surface area contributed by atoms with Crippen molar-refractivity contribution < 1.29 is 9.53 Å². The number of ether oxygens (including phenoxy) is 1. The molecule has 0 spiro atoms. The fourth-order valence-corrected chi connectivity index (χ4v) is 5.32. The molecule has 0 heterocycles. The molecule has 0 N–H and O–H groups in total. The topological polar surface area (TPSA) is 26.3 Å². The third kappa shape index (κ3) is 4.81. The van der Waals surface area contributed by atoms with E-state index in [4.69, 9.17) is 4.74 Å². The lowest BCUT2D eigenvalue weighted by Gasteiger charge is -2.25. The van der Waals surface area contributed by atoms with Crippen LogP contribution in [0.5, 0.6) is 0 Å². The largest absolute Gasteiger partial charge is 0.452 e. The van der Waals surface area contributed by atoms with E-state index in [1.165, 1.54) is 0 Å². The number of hydrogen-bond donors (Lipinski definition) is 0. The predicted molar refractivity (Wildman–Crippen MR) is 155 cm³/mol. The molecule has 0 aromatic heterocycles. The molecule has 0 fully saturated rings. The SMILES string of the molecule is O=C(OC(c1cccc2ccccc12)c1cccc2ccccc12)[C@H](Cc1ccccc1)c1ccccc1. The first-order valence-corrected chi connectivity index (χ1v) is 13.0. The van der Waals surface area contributed by atoms with Gasteiger partial charge in [-0.2, -0.15) is 0 Å². The van der Waals surface area contributed by atoms with E-state index in [-0.39, 0.29) is 5.97 Å². The molecule has 38 heavy (non-hydrogen) atoms. The lowest BCUT2D eigenvalue weighted by Crippen LogP contribution is -2.22. The van der Waals surface area contributed by atoms with Gasteiger partial charge in [-0.1, -0.05) is 146 Å². The number of fused-ring (bicyclic) bond motifs is 2. The average molecular weight is 493 g/mol. The first kappa shape index (κ1) is 23.7. The van der Waals surface area contributed by atoms with E-state index < -0.39 is 12.0 Å². The van der Waals surface area contributed by atoms with Crippen molar-refractivity contribution in [2.75, 3.05) is 0 Å². The summed E-state index contributed by atoms with van der Waals surface area (Å²) >= 11 is 0. The molecule has 0 aliphatic heterocycles. The molecular formula is C36H28O2. The standard InChI is InChI=1S/C36H28O2/c37-36(34(29-15-5-2-6-16-29)25-26-13-3-1-4-14-26)38-35(32-23-11-19-27-17-7-9-21-30(27)32)33-24-12-20-28-18-8-10-22-31(28)33/h1-24,34-35H,25H2/t34-/m1/s1. The summed E-state index contributed by atoms with van der Waals surface area (Å²) in [6, 6.07) is 49.1. The van der Waals surface area contributed by atoms with Gasteiger partial charge in [-0.05, 0) is 39.1 Å². The quantitative estimate of drug-likeness (QED) is 0.208. The maximum atomic E-state index is 14.2. The number of benzene rings is 6. The van der Waals surface area contributed by atoms with Gasteiger partial charge < -0.3 is 4.74 Å². The zero-order valence-electron chi connectivity index (χ0n) is 21.0. The van der Waals surface area contributed by atoms with Crippen molar-refractivity contribution in [1.29, 1.82) is 0 Å². The van der Waals surface area contributed by atoms with Crippen molar-refractivity contribution in [1.82, 2.24) is 0 Å². The highest BCUT2D eigenvalue weighted by atomic mass is 16.5. The molecule has 0 unspecified atom stereocenters. The summed E-state index contributed by atoms with van der Waals surface area (Å²) in [5.74, 6) is -0.656. The lowest BCUT2D eigenvalue weighted by atomic mass is 9.90. The Morgan fingerprint density at radius 1 is 0.526 bits per heavy atom. The van der Waals surface area contributed by atoms with E-state index in [1.54, 1.807) is 0 Å². The molecule has 0 saturated carbocycles. The molecule has 0 bridgehead atoms. The molecular weight excluding hydrogens is 464 g/mol. The molecule has 6 aromatic carbocycles. The summed E-state index contributed by atoms with van der Waals surface area (Å²) in [4.78, 5) is 14.2. The van der Waals surface area contributed by atoms with Crippen LogP contribution in [0.3, 0.4) is 0 Å². The minimum Gasteiger partial charge on any atom is -0.452 e. The average Bonchev–Trinajstić information content (AvgIpc) is 2.99. The first-order valence-electron chi connectivity index (χ1n) is 13.0. The van der Waals surface area contributed by atoms with E-state index in [1.807, 2.05) is 84.9 Å². The summed E-state index contributed by atoms with van der Waals surface area (Å²) in [7, 11) is 0. The smallest absolute Gasteiger partial charge is 0.314 e. The van der Waals surface area contributed by atoms with E-state index in [0.717, 1.165) is 43.8 Å². The normalized spacial score (nSPS) is 12.0. The lowest BCUT2D eigenvalue weighted by molar-refractivity contribution is -0.149. The number of rotatable bonds is 7. The minimum absolute atomic E-state index is 0.231. The second kappa shape index (κ2) is 10.7. The Balaban J connectivity index is 1.47. The second-order valence-electron chi connectivity index (χ2n) is 9.61. The minimum atomic E-state index is -0.554. The Morgan fingerprint density at radius 2 is 1.00 bits per heavy atom. The zero-order valence-corrected chi connectivity index (χ0v) is 21.0. The number of carbonyl (C=O) groups excluding carboxylic acids is 1. The number of hydrogen-bond acceptors (Lipinski definition) is 2. The van der Waals surface area contributed by atoms with Gasteiger partial charge in [0, 0.05) is 11.1 Å². The molecule has 2 nitrogen and oxygen atoms in total. The van der Waals surface area contributed by atoms with Gasteiger partial charge in [-0.25, -0.2) is 0 Å². The van der Waals surface area contributed by atoms with Crippen LogP contribution in [0.25, 0.3) is 21.5 Å². The van der Waals surface area contributed by atoms with Gasteiger partial charge in [0.1, 0.15) is 0 Å². The molecule has 0 aliphatic carbocycles. The maximum absolute atomic E-state index is 14.2. The van der Waals surface area contributed by atoms with Gasteiger partial charge in [-0.3, -0.25) is 4.79 Å². The van der Waals surface area contributed by atoms with Crippen LogP contribution in [0.1, 0.15) is 34.3 Å². The highest BCUT2D eigenvalue weighted by Gasteiger charge is 2.29.